The molecule has 2 amide bonds. The van der Waals surface area contributed by atoms with E-state index in [1.54, 1.807) is 24.3 Å². The monoisotopic (exact) mass is 423 g/mol. The van der Waals surface area contributed by atoms with E-state index < -0.39 is 10.0 Å². The van der Waals surface area contributed by atoms with Crippen LogP contribution in [0.25, 0.3) is 0 Å². The van der Waals surface area contributed by atoms with E-state index >= 15 is 0 Å². The Morgan fingerprint density at radius 1 is 0.833 bits per heavy atom. The van der Waals surface area contributed by atoms with Gasteiger partial charge in [-0.1, -0.05) is 60.7 Å². The third-order valence-corrected chi connectivity index (χ3v) is 6.49. The number of sulfonamides is 1. The number of hydrogen-bond donors (Lipinski definition) is 2. The molecule has 0 saturated carbocycles. The van der Waals surface area contributed by atoms with Crippen LogP contribution in [0, 0.1) is 0 Å². The van der Waals surface area contributed by atoms with E-state index in [2.05, 4.69) is 22.8 Å². The molecule has 6 nitrogen and oxygen atoms in total. The normalized spacial score (nSPS) is 11.3. The summed E-state index contributed by atoms with van der Waals surface area (Å²) in [5.41, 5.74) is 3.75. The summed E-state index contributed by atoms with van der Waals surface area (Å²) in [6.45, 7) is 0.287. The Balaban J connectivity index is 1.60. The number of urea groups is 1. The second-order valence-electron chi connectivity index (χ2n) is 7.06. The van der Waals surface area contributed by atoms with Gasteiger partial charge < -0.3 is 10.6 Å². The van der Waals surface area contributed by atoms with E-state index in [9.17, 15) is 13.2 Å². The van der Waals surface area contributed by atoms with Gasteiger partial charge in [0.1, 0.15) is 0 Å². The lowest BCUT2D eigenvalue weighted by molar-refractivity contribution is 0.251. The van der Waals surface area contributed by atoms with Crippen LogP contribution >= 0.6 is 0 Å². The van der Waals surface area contributed by atoms with Gasteiger partial charge in [0, 0.05) is 26.3 Å². The Kier molecular flexibility index (Phi) is 6.87. The molecule has 3 aromatic carbocycles. The molecule has 0 aliphatic carbocycles. The molecule has 0 unspecified atom stereocenters. The third-order valence-electron chi connectivity index (χ3n) is 4.66. The third kappa shape index (κ3) is 5.46. The maximum atomic E-state index is 12.4. The standard InChI is InChI=1S/C23H25N3O3S/c1-26(2)30(28,29)21-14-12-19(13-15-21)17-24-23(27)25-22-11-7-6-10-20(22)16-18-8-4-3-5-9-18/h3-15H,16-17H2,1-2H3,(H2,24,25,27). The molecule has 0 aromatic heterocycles. The number of benzene rings is 3. The summed E-state index contributed by atoms with van der Waals surface area (Å²) in [6.07, 6.45) is 0.721. The fourth-order valence-corrected chi connectivity index (χ4v) is 3.85. The summed E-state index contributed by atoms with van der Waals surface area (Å²) < 4.78 is 25.4. The van der Waals surface area contributed by atoms with Crippen LogP contribution in [-0.2, 0) is 23.0 Å². The van der Waals surface area contributed by atoms with Crippen molar-refractivity contribution in [2.24, 2.45) is 0 Å². The molecule has 0 radical (unpaired) electrons. The van der Waals surface area contributed by atoms with Gasteiger partial charge in [0.15, 0.2) is 0 Å². The molecule has 0 fully saturated rings. The van der Waals surface area contributed by atoms with Crippen molar-refractivity contribution in [3.63, 3.8) is 0 Å². The van der Waals surface area contributed by atoms with Crippen LogP contribution in [0.15, 0.2) is 83.8 Å². The second kappa shape index (κ2) is 9.56. The van der Waals surface area contributed by atoms with Crippen molar-refractivity contribution in [2.75, 3.05) is 19.4 Å². The Morgan fingerprint density at radius 2 is 1.47 bits per heavy atom. The largest absolute Gasteiger partial charge is 0.334 e. The molecule has 3 aromatic rings. The fraction of sp³-hybridized carbons (Fsp3) is 0.174. The Labute approximate surface area is 177 Å². The summed E-state index contributed by atoms with van der Waals surface area (Å²) in [7, 11) is -0.481. The SMILES string of the molecule is CN(C)S(=O)(=O)c1ccc(CNC(=O)Nc2ccccc2Cc2ccccc2)cc1. The number of amides is 2. The number of nitrogens with zero attached hydrogens (tertiary/aromatic N) is 1. The number of anilines is 1. The molecule has 7 heteroatoms. The van der Waals surface area contributed by atoms with Crippen LogP contribution in [0.1, 0.15) is 16.7 Å². The lowest BCUT2D eigenvalue weighted by Gasteiger charge is -2.13. The maximum absolute atomic E-state index is 12.4. The number of para-hydroxylation sites is 1. The fourth-order valence-electron chi connectivity index (χ4n) is 2.95. The Hall–Kier alpha value is -3.16. The quantitative estimate of drug-likeness (QED) is 0.606. The number of carbonyl (C=O) groups excluding carboxylic acids is 1. The first-order chi connectivity index (χ1) is 14.4. The van der Waals surface area contributed by atoms with Crippen molar-refractivity contribution in [2.45, 2.75) is 17.9 Å². The second-order valence-corrected chi connectivity index (χ2v) is 9.21. The van der Waals surface area contributed by atoms with Crippen LogP contribution in [0.5, 0.6) is 0 Å². The minimum atomic E-state index is -3.46. The maximum Gasteiger partial charge on any atom is 0.319 e. The predicted octanol–water partition coefficient (Wildman–Crippen LogP) is 3.85. The van der Waals surface area contributed by atoms with Gasteiger partial charge in [-0.3, -0.25) is 0 Å². The van der Waals surface area contributed by atoms with Crippen molar-refractivity contribution in [1.29, 1.82) is 0 Å². The topological polar surface area (TPSA) is 78.5 Å². The van der Waals surface area contributed by atoms with Gasteiger partial charge in [0.2, 0.25) is 10.0 Å². The van der Waals surface area contributed by atoms with Gasteiger partial charge in [-0.05, 0) is 41.3 Å². The molecule has 0 aliphatic rings. The molecule has 0 spiro atoms. The zero-order valence-corrected chi connectivity index (χ0v) is 17.8. The van der Waals surface area contributed by atoms with Crippen molar-refractivity contribution in [3.8, 4) is 0 Å². The number of carbonyl (C=O) groups is 1. The smallest absolute Gasteiger partial charge is 0.319 e. The van der Waals surface area contributed by atoms with Crippen LogP contribution in [0.4, 0.5) is 10.5 Å². The highest BCUT2D eigenvalue weighted by Gasteiger charge is 2.16. The lowest BCUT2D eigenvalue weighted by Crippen LogP contribution is -2.28. The molecule has 0 bridgehead atoms. The van der Waals surface area contributed by atoms with Crippen molar-refractivity contribution in [1.82, 2.24) is 9.62 Å². The minimum absolute atomic E-state index is 0.218. The summed E-state index contributed by atoms with van der Waals surface area (Å²) in [6, 6.07) is 23.9. The van der Waals surface area contributed by atoms with Gasteiger partial charge in [-0.15, -0.1) is 0 Å². The molecule has 3 rings (SSSR count). The predicted molar refractivity (Wildman–Crippen MR) is 119 cm³/mol. The Morgan fingerprint density at radius 3 is 2.13 bits per heavy atom. The van der Waals surface area contributed by atoms with Crippen LogP contribution < -0.4 is 10.6 Å². The van der Waals surface area contributed by atoms with Gasteiger partial charge >= 0.3 is 6.03 Å². The van der Waals surface area contributed by atoms with Gasteiger partial charge in [-0.2, -0.15) is 0 Å². The zero-order valence-electron chi connectivity index (χ0n) is 17.0. The number of hydrogen-bond acceptors (Lipinski definition) is 3. The summed E-state index contributed by atoms with van der Waals surface area (Å²) in [5, 5.41) is 5.71. The van der Waals surface area contributed by atoms with Gasteiger partial charge in [-0.25, -0.2) is 17.5 Å². The summed E-state index contributed by atoms with van der Waals surface area (Å²) in [4.78, 5) is 12.6. The first-order valence-electron chi connectivity index (χ1n) is 9.54. The average Bonchev–Trinajstić information content (AvgIpc) is 2.74. The van der Waals surface area contributed by atoms with Gasteiger partial charge in [0.05, 0.1) is 4.90 Å². The molecular formula is C23H25N3O3S. The van der Waals surface area contributed by atoms with Crippen molar-refractivity contribution < 1.29 is 13.2 Å². The van der Waals surface area contributed by atoms with Gasteiger partial charge in [0.25, 0.3) is 0 Å². The molecule has 156 valence electrons. The lowest BCUT2D eigenvalue weighted by atomic mass is 10.0. The first kappa shape index (κ1) is 21.5. The Bertz CT molecular complexity index is 1100. The molecular weight excluding hydrogens is 398 g/mol. The van der Waals surface area contributed by atoms with E-state index in [4.69, 9.17) is 0 Å². The molecule has 0 aliphatic heterocycles. The van der Waals surface area contributed by atoms with Crippen LogP contribution in [0.3, 0.4) is 0 Å². The average molecular weight is 424 g/mol. The van der Waals surface area contributed by atoms with E-state index in [0.717, 1.165) is 23.2 Å². The minimum Gasteiger partial charge on any atom is -0.334 e. The molecule has 30 heavy (non-hydrogen) atoms. The van der Waals surface area contributed by atoms with E-state index in [0.29, 0.717) is 0 Å². The highest BCUT2D eigenvalue weighted by Crippen LogP contribution is 2.19. The highest BCUT2D eigenvalue weighted by atomic mass is 32.2. The summed E-state index contributed by atoms with van der Waals surface area (Å²) in [5.74, 6) is 0. The number of rotatable bonds is 7. The molecule has 0 saturated heterocycles. The molecule has 0 heterocycles. The van der Waals surface area contributed by atoms with Crippen LogP contribution in [0.2, 0.25) is 0 Å². The van der Waals surface area contributed by atoms with E-state index in [-0.39, 0.29) is 17.5 Å². The van der Waals surface area contributed by atoms with Crippen molar-refractivity contribution >= 4 is 21.7 Å². The molecule has 2 N–H and O–H groups in total. The van der Waals surface area contributed by atoms with Crippen LogP contribution in [-0.4, -0.2) is 32.8 Å². The van der Waals surface area contributed by atoms with Crippen molar-refractivity contribution in [3.05, 3.63) is 95.6 Å². The molecule has 0 atom stereocenters. The highest BCUT2D eigenvalue weighted by molar-refractivity contribution is 7.89. The number of nitrogens with one attached hydrogen (secondary N) is 2. The first-order valence-corrected chi connectivity index (χ1v) is 11.0. The van der Waals surface area contributed by atoms with E-state index in [1.165, 1.54) is 24.0 Å². The zero-order chi connectivity index (χ0) is 21.6. The van der Waals surface area contributed by atoms with E-state index in [1.807, 2.05) is 42.5 Å². The summed E-state index contributed by atoms with van der Waals surface area (Å²) >= 11 is 0.